The van der Waals surface area contributed by atoms with Gasteiger partial charge in [-0.1, -0.05) is 155 Å². The van der Waals surface area contributed by atoms with E-state index in [-0.39, 0.29) is 0 Å². The van der Waals surface area contributed by atoms with E-state index >= 15 is 0 Å². The Hall–Kier alpha value is -5.57. The maximum atomic E-state index is 4.30. The minimum absolute atomic E-state index is 0.448. The van der Waals surface area contributed by atoms with Gasteiger partial charge in [0.2, 0.25) is 0 Å². The Morgan fingerprint density at radius 2 is 0.410 bits per heavy atom. The van der Waals surface area contributed by atoms with E-state index in [0.717, 1.165) is 0 Å². The van der Waals surface area contributed by atoms with Crippen molar-refractivity contribution < 1.29 is 0 Å². The molecule has 8 bridgehead atoms. The summed E-state index contributed by atoms with van der Waals surface area (Å²) in [7, 11) is -4.18. The maximum Gasteiger partial charge on any atom is 0.146 e. The molecule has 8 unspecified atom stereocenters. The summed E-state index contributed by atoms with van der Waals surface area (Å²) < 4.78 is 0. The lowest BCUT2D eigenvalue weighted by Crippen LogP contribution is -2.43. The molecule has 18 rings (SSSR count). The molecule has 0 nitrogen and oxygen atoms in total. The summed E-state index contributed by atoms with van der Waals surface area (Å²) in [5.74, 6) is 20.6. The molecule has 0 saturated heterocycles. The maximum absolute atomic E-state index is 4.30. The van der Waals surface area contributed by atoms with Crippen LogP contribution in [0.15, 0.2) is 97.1 Å². The molecule has 0 spiro atoms. The summed E-state index contributed by atoms with van der Waals surface area (Å²) in [5.41, 5.74) is 29.0. The van der Waals surface area contributed by atoms with Crippen molar-refractivity contribution in [1.82, 2.24) is 0 Å². The van der Waals surface area contributed by atoms with Crippen LogP contribution < -0.4 is 0 Å². The molecule has 0 aromatic heterocycles. The van der Waals surface area contributed by atoms with Gasteiger partial charge in [-0.25, -0.2) is 0 Å². The fourth-order valence-corrected chi connectivity index (χ4v) is 29.0. The number of allylic oxidation sites excluding steroid dienone is 8. The van der Waals surface area contributed by atoms with E-state index in [4.69, 9.17) is 0 Å². The average molecular weight is 1050 g/mol. The molecule has 12 aliphatic carbocycles. The summed E-state index contributed by atoms with van der Waals surface area (Å²) in [6.45, 7) is 29.6. The predicted molar refractivity (Wildman–Crippen MR) is 340 cm³/mol. The Morgan fingerprint density at radius 3 is 0.551 bits per heavy atom. The van der Waals surface area contributed by atoms with E-state index in [1.54, 1.807) is 0 Å². The Labute approximate surface area is 470 Å². The third kappa shape index (κ3) is 7.32. The summed E-state index contributed by atoms with van der Waals surface area (Å²) in [4.78, 5) is 0. The van der Waals surface area contributed by atoms with Gasteiger partial charge >= 0.3 is 0 Å². The van der Waals surface area contributed by atoms with Crippen molar-refractivity contribution >= 4 is 59.2 Å². The van der Waals surface area contributed by atoms with Crippen LogP contribution in [0.5, 0.6) is 0 Å². The summed E-state index contributed by atoms with van der Waals surface area (Å²) >= 11 is 0. The molecule has 0 fully saturated rings. The van der Waals surface area contributed by atoms with Crippen LogP contribution in [0.4, 0.5) is 0 Å². The zero-order valence-electron chi connectivity index (χ0n) is 49.0. The standard InChI is InChI=1S/C76H82Si2/c1-43(2)77(44(3)4,45(5)6)33-31-59-73-39-65-53-21-13-49(14-22-53)61(65)35-69(73)57(70-36-62-50-15-23-54(24-16-50)66(62)40-74(59)70)29-30-58-71-37-63-51-17-25-55(26-18-51)67(63)41-75(71)60(32-34-78(46(7)8,47(9)10)48(11)12)76-42-68-56-27-19-52(20-28-56)64(68)38-72(58)76/h13,15,17,19,21,23,25,27,35-56H,14,16,18,20,22,24,26,28H2,1-12H3. The monoisotopic (exact) mass is 1050 g/mol. The first-order valence-electron chi connectivity index (χ1n) is 31.1. The Bertz CT molecular complexity index is 3430. The van der Waals surface area contributed by atoms with Crippen molar-refractivity contribution in [2.75, 3.05) is 0 Å². The van der Waals surface area contributed by atoms with E-state index < -0.39 is 16.1 Å². The van der Waals surface area contributed by atoms with Gasteiger partial charge < -0.3 is 0 Å². The smallest absolute Gasteiger partial charge is 0.125 e. The number of rotatable bonds is 6. The Morgan fingerprint density at radius 1 is 0.256 bits per heavy atom. The SMILES string of the molecule is CC(C)[Si](C#Cc1c2cc3c(cc2c(C#Cc2c4cc5c(cc4c(C#C[Si](C(C)C)(C(C)C)C(C)C)c4cc6c(cc24)C2C=CC6CC2)C2C=CC5CC2)c2cc4c(cc12)C1C=CC4CC1)C1C=CC3CC1)(C(C)C)C(C)C. The highest BCUT2D eigenvalue weighted by Gasteiger charge is 2.44. The van der Waals surface area contributed by atoms with Crippen molar-refractivity contribution in [2.24, 2.45) is 0 Å². The van der Waals surface area contributed by atoms with Gasteiger partial charge in [0.15, 0.2) is 0 Å². The normalized spacial score (nSPS) is 24.7. The van der Waals surface area contributed by atoms with Gasteiger partial charge in [0, 0.05) is 69.6 Å². The van der Waals surface area contributed by atoms with Gasteiger partial charge in [0.25, 0.3) is 0 Å². The van der Waals surface area contributed by atoms with Crippen molar-refractivity contribution in [3.8, 4) is 34.8 Å². The van der Waals surface area contributed by atoms with Gasteiger partial charge in [0.1, 0.15) is 16.1 Å². The number of hydrogen-bond donors (Lipinski definition) is 0. The third-order valence-electron chi connectivity index (χ3n) is 22.6. The molecule has 8 atom stereocenters. The van der Waals surface area contributed by atoms with Crippen molar-refractivity contribution in [2.45, 2.75) is 215 Å². The van der Waals surface area contributed by atoms with Gasteiger partial charge in [0.05, 0.1) is 0 Å². The minimum atomic E-state index is -2.09. The molecule has 6 aromatic rings. The first-order chi connectivity index (χ1) is 37.6. The highest BCUT2D eigenvalue weighted by Crippen LogP contribution is 2.54. The van der Waals surface area contributed by atoms with E-state index in [2.05, 4.69) is 215 Å². The zero-order valence-corrected chi connectivity index (χ0v) is 51.0. The predicted octanol–water partition coefficient (Wildman–Crippen LogP) is 21.0. The lowest BCUT2D eigenvalue weighted by atomic mass is 9.69. The highest BCUT2D eigenvalue weighted by atomic mass is 28.3. The van der Waals surface area contributed by atoms with Gasteiger partial charge in [-0.15, -0.1) is 11.1 Å². The molecule has 0 aliphatic heterocycles. The van der Waals surface area contributed by atoms with Crippen LogP contribution in [-0.4, -0.2) is 16.1 Å². The molecule has 394 valence electrons. The second kappa shape index (κ2) is 18.5. The fourth-order valence-electron chi connectivity index (χ4n) is 18.6. The first kappa shape index (κ1) is 50.6. The van der Waals surface area contributed by atoms with Crippen LogP contribution in [0.25, 0.3) is 43.1 Å². The zero-order chi connectivity index (χ0) is 53.8. The van der Waals surface area contributed by atoms with Crippen LogP contribution >= 0.6 is 0 Å². The van der Waals surface area contributed by atoms with Gasteiger partial charge in [-0.2, -0.15) is 0 Å². The van der Waals surface area contributed by atoms with Gasteiger partial charge in [-0.05, 0) is 221 Å². The summed E-state index contributed by atoms with van der Waals surface area (Å²) in [6, 6.07) is 21.0. The molecule has 0 heterocycles. The largest absolute Gasteiger partial charge is 0.146 e. The Kier molecular flexibility index (Phi) is 12.0. The van der Waals surface area contributed by atoms with E-state index in [1.807, 2.05) is 0 Å². The van der Waals surface area contributed by atoms with E-state index in [9.17, 15) is 0 Å². The van der Waals surface area contributed by atoms with Crippen LogP contribution in [0, 0.1) is 34.8 Å². The topological polar surface area (TPSA) is 0 Å². The Balaban J connectivity index is 1.12. The van der Waals surface area contributed by atoms with Crippen molar-refractivity contribution in [1.29, 1.82) is 0 Å². The van der Waals surface area contributed by atoms with Crippen molar-refractivity contribution in [3.05, 3.63) is 164 Å². The van der Waals surface area contributed by atoms with Crippen molar-refractivity contribution in [3.63, 3.8) is 0 Å². The number of benzene rings is 6. The lowest BCUT2D eigenvalue weighted by molar-refractivity contribution is 0.554. The average Bonchev–Trinajstić information content (AvgIpc) is 3.59. The van der Waals surface area contributed by atoms with Crippen LogP contribution in [-0.2, 0) is 0 Å². The molecule has 2 heteroatoms. The molecule has 78 heavy (non-hydrogen) atoms. The molecule has 0 radical (unpaired) electrons. The molecule has 12 aliphatic rings. The van der Waals surface area contributed by atoms with E-state index in [0.29, 0.717) is 80.6 Å². The second-order valence-corrected chi connectivity index (χ2v) is 39.0. The number of hydrogen-bond acceptors (Lipinski definition) is 0. The molecule has 0 N–H and O–H groups in total. The minimum Gasteiger partial charge on any atom is -0.125 e. The quantitative estimate of drug-likeness (QED) is 0.0675. The van der Waals surface area contributed by atoms with Crippen LogP contribution in [0.3, 0.4) is 0 Å². The molecule has 0 amide bonds. The fraction of sp³-hybridized carbons (Fsp3) is 0.447. The van der Waals surface area contributed by atoms with Crippen LogP contribution in [0.2, 0.25) is 33.2 Å². The third-order valence-corrected chi connectivity index (χ3v) is 35.1. The first-order valence-corrected chi connectivity index (χ1v) is 35.6. The molecule has 0 saturated carbocycles. The summed E-state index contributed by atoms with van der Waals surface area (Å²) in [5, 5.41) is 10.5. The molecular weight excluding hydrogens is 969 g/mol. The highest BCUT2D eigenvalue weighted by molar-refractivity contribution is 6.91. The van der Waals surface area contributed by atoms with Gasteiger partial charge in [-0.3, -0.25) is 0 Å². The van der Waals surface area contributed by atoms with E-state index in [1.165, 1.54) is 161 Å². The molecular formula is C76H82Si2. The van der Waals surface area contributed by atoms with Crippen LogP contribution in [0.1, 0.15) is 249 Å². The summed E-state index contributed by atoms with van der Waals surface area (Å²) in [6.07, 6.45) is 30.0. The second-order valence-electron chi connectivity index (χ2n) is 27.9. The number of fused-ring (bicyclic) bond motifs is 8. The lowest BCUT2D eigenvalue weighted by Gasteiger charge is -2.38. The molecule has 6 aromatic carbocycles.